The van der Waals surface area contributed by atoms with Crippen LogP contribution in [0.1, 0.15) is 44.6 Å². The maximum atomic E-state index is 11.7. The molecule has 2 fully saturated rings. The summed E-state index contributed by atoms with van der Waals surface area (Å²) in [6.07, 6.45) is 6.64. The van der Waals surface area contributed by atoms with Gasteiger partial charge < -0.3 is 21.1 Å². The van der Waals surface area contributed by atoms with Crippen LogP contribution in [0.25, 0.3) is 11.2 Å². The van der Waals surface area contributed by atoms with Gasteiger partial charge in [0.05, 0.1) is 16.9 Å². The van der Waals surface area contributed by atoms with E-state index in [2.05, 4.69) is 20.2 Å². The first-order valence-corrected chi connectivity index (χ1v) is 12.3. The van der Waals surface area contributed by atoms with Crippen LogP contribution in [-0.4, -0.2) is 44.7 Å². The number of benzene rings is 1. The first-order valence-electron chi connectivity index (χ1n) is 11.6. The predicted octanol–water partition coefficient (Wildman–Crippen LogP) is 4.68. The van der Waals surface area contributed by atoms with Gasteiger partial charge in [-0.25, -0.2) is 9.97 Å². The summed E-state index contributed by atoms with van der Waals surface area (Å²) >= 11 is 12.5. The molecule has 5 rings (SSSR count). The molecule has 34 heavy (non-hydrogen) atoms. The number of nitrogens with two attached hydrogens (primary N) is 1. The minimum Gasteiger partial charge on any atom is -0.381 e. The van der Waals surface area contributed by atoms with Crippen molar-refractivity contribution in [3.63, 3.8) is 0 Å². The van der Waals surface area contributed by atoms with Gasteiger partial charge in [0.25, 0.3) is 0 Å². The van der Waals surface area contributed by atoms with Crippen LogP contribution in [0.15, 0.2) is 24.4 Å². The number of halogens is 2. The standard InChI is InChI=1S/C23H27Cl2N7O2/c24-14-3-6-18(17(25)11-14)29-23-30-19-12-27-22(28-15-7-9-34-10-8-15)31-21(19)32(23)16-4-1-13(2-5-16)20(26)33/h3,6,11-13,15-16H,1-2,4-5,7-10H2,(H2,26,33)(H,29,30)(H,27,28,31). The average molecular weight is 504 g/mol. The third-order valence-electron chi connectivity index (χ3n) is 6.63. The molecule has 0 spiro atoms. The van der Waals surface area contributed by atoms with Crippen LogP contribution in [-0.2, 0) is 9.53 Å². The fraction of sp³-hybridized carbons (Fsp3) is 0.478. The van der Waals surface area contributed by atoms with Gasteiger partial charge >= 0.3 is 0 Å². The van der Waals surface area contributed by atoms with E-state index in [-0.39, 0.29) is 23.9 Å². The summed E-state index contributed by atoms with van der Waals surface area (Å²) in [4.78, 5) is 25.8. The largest absolute Gasteiger partial charge is 0.381 e. The van der Waals surface area contributed by atoms with E-state index in [1.165, 1.54) is 0 Å². The van der Waals surface area contributed by atoms with Crippen LogP contribution in [0.3, 0.4) is 0 Å². The highest BCUT2D eigenvalue weighted by Gasteiger charge is 2.29. The average Bonchev–Trinajstić information content (AvgIpc) is 3.19. The highest BCUT2D eigenvalue weighted by atomic mass is 35.5. The van der Waals surface area contributed by atoms with Gasteiger partial charge in [0.1, 0.15) is 5.52 Å². The van der Waals surface area contributed by atoms with Gasteiger partial charge in [0.15, 0.2) is 5.65 Å². The number of fused-ring (bicyclic) bond motifs is 1. The van der Waals surface area contributed by atoms with Crippen molar-refractivity contribution in [3.8, 4) is 0 Å². The molecule has 2 aliphatic rings. The highest BCUT2D eigenvalue weighted by Crippen LogP contribution is 2.38. The molecular weight excluding hydrogens is 477 g/mol. The number of hydrogen-bond donors (Lipinski definition) is 3. The number of hydrogen-bond acceptors (Lipinski definition) is 7. The zero-order chi connectivity index (χ0) is 23.7. The van der Waals surface area contributed by atoms with Crippen LogP contribution >= 0.6 is 23.2 Å². The van der Waals surface area contributed by atoms with Crippen molar-refractivity contribution in [2.75, 3.05) is 23.8 Å². The fourth-order valence-corrected chi connectivity index (χ4v) is 5.20. The third-order valence-corrected chi connectivity index (χ3v) is 7.18. The lowest BCUT2D eigenvalue weighted by atomic mass is 9.85. The van der Waals surface area contributed by atoms with Gasteiger partial charge in [0, 0.05) is 36.2 Å². The van der Waals surface area contributed by atoms with Crippen molar-refractivity contribution in [2.45, 2.75) is 50.6 Å². The molecule has 0 atom stereocenters. The second-order valence-corrected chi connectivity index (χ2v) is 9.74. The maximum Gasteiger partial charge on any atom is 0.224 e. The summed E-state index contributed by atoms with van der Waals surface area (Å²) in [6.45, 7) is 1.47. The Bertz CT molecular complexity index is 1190. The number of rotatable bonds is 6. The summed E-state index contributed by atoms with van der Waals surface area (Å²) in [5.74, 6) is 0.876. The monoisotopic (exact) mass is 503 g/mol. The van der Waals surface area contributed by atoms with E-state index in [1.54, 1.807) is 18.3 Å². The molecule has 0 radical (unpaired) electrons. The molecule has 1 amide bonds. The van der Waals surface area contributed by atoms with E-state index >= 15 is 0 Å². The molecule has 0 bridgehead atoms. The molecule has 4 N–H and O–H groups in total. The van der Waals surface area contributed by atoms with Crippen molar-refractivity contribution in [1.82, 2.24) is 19.5 Å². The zero-order valence-electron chi connectivity index (χ0n) is 18.6. The number of primary amides is 1. The van der Waals surface area contributed by atoms with Crippen molar-refractivity contribution in [3.05, 3.63) is 34.4 Å². The summed E-state index contributed by atoms with van der Waals surface area (Å²) in [5.41, 5.74) is 7.67. The van der Waals surface area contributed by atoms with Crippen LogP contribution in [0.4, 0.5) is 17.6 Å². The molecule has 3 aromatic rings. The first-order chi connectivity index (χ1) is 16.5. The predicted molar refractivity (Wildman–Crippen MR) is 133 cm³/mol. The number of carbonyl (C=O) groups is 1. The molecule has 9 nitrogen and oxygen atoms in total. The molecule has 1 aliphatic carbocycles. The van der Waals surface area contributed by atoms with Crippen molar-refractivity contribution < 1.29 is 9.53 Å². The molecule has 3 heterocycles. The second kappa shape index (κ2) is 9.93. The lowest BCUT2D eigenvalue weighted by molar-refractivity contribution is -0.122. The van der Waals surface area contributed by atoms with Gasteiger partial charge in [-0.1, -0.05) is 23.2 Å². The number of nitrogens with zero attached hydrogens (tertiary/aromatic N) is 4. The summed E-state index contributed by atoms with van der Waals surface area (Å²) < 4.78 is 7.56. The number of amides is 1. The normalized spacial score (nSPS) is 21.5. The van der Waals surface area contributed by atoms with Crippen molar-refractivity contribution in [1.29, 1.82) is 0 Å². The number of nitrogens with one attached hydrogen (secondary N) is 2. The van der Waals surface area contributed by atoms with E-state index in [4.69, 9.17) is 43.6 Å². The summed E-state index contributed by atoms with van der Waals surface area (Å²) in [7, 11) is 0. The van der Waals surface area contributed by atoms with E-state index in [0.717, 1.165) is 57.4 Å². The highest BCUT2D eigenvalue weighted by molar-refractivity contribution is 6.36. The lowest BCUT2D eigenvalue weighted by Gasteiger charge is -2.29. The van der Waals surface area contributed by atoms with Gasteiger partial charge in [-0.2, -0.15) is 4.98 Å². The Morgan fingerprint density at radius 2 is 1.85 bits per heavy atom. The SMILES string of the molecule is NC(=O)C1CCC(n2c(Nc3ccc(Cl)cc3Cl)nc3cnc(NC4CCOCC4)nc32)CC1. The quantitative estimate of drug-likeness (QED) is 0.446. The van der Waals surface area contributed by atoms with Gasteiger partial charge in [-0.15, -0.1) is 0 Å². The van der Waals surface area contributed by atoms with Crippen molar-refractivity contribution in [2.24, 2.45) is 11.7 Å². The molecule has 0 unspecified atom stereocenters. The van der Waals surface area contributed by atoms with E-state index in [0.29, 0.717) is 33.1 Å². The molecule has 11 heteroatoms. The van der Waals surface area contributed by atoms with Crippen LogP contribution in [0.5, 0.6) is 0 Å². The topological polar surface area (TPSA) is 120 Å². The van der Waals surface area contributed by atoms with E-state index < -0.39 is 0 Å². The Labute approximate surface area is 207 Å². The third kappa shape index (κ3) is 4.92. The number of ether oxygens (including phenoxy) is 1. The Kier molecular flexibility index (Phi) is 6.76. The number of aromatic nitrogens is 4. The minimum atomic E-state index is -0.231. The number of imidazole rings is 1. The van der Waals surface area contributed by atoms with Crippen LogP contribution in [0, 0.1) is 5.92 Å². The smallest absolute Gasteiger partial charge is 0.224 e. The van der Waals surface area contributed by atoms with Gasteiger partial charge in [0.2, 0.25) is 17.8 Å². The summed E-state index contributed by atoms with van der Waals surface area (Å²) in [5, 5.41) is 7.85. The first kappa shape index (κ1) is 23.1. The number of anilines is 3. The second-order valence-electron chi connectivity index (χ2n) is 8.90. The minimum absolute atomic E-state index is 0.0893. The van der Waals surface area contributed by atoms with E-state index in [1.807, 2.05) is 6.07 Å². The van der Waals surface area contributed by atoms with Gasteiger partial charge in [-0.3, -0.25) is 9.36 Å². The lowest BCUT2D eigenvalue weighted by Crippen LogP contribution is -2.29. The molecule has 180 valence electrons. The molecule has 1 saturated heterocycles. The Balaban J connectivity index is 1.50. The maximum absolute atomic E-state index is 11.7. The van der Waals surface area contributed by atoms with E-state index in [9.17, 15) is 4.79 Å². The molecule has 1 aromatic carbocycles. The zero-order valence-corrected chi connectivity index (χ0v) is 20.1. The Morgan fingerprint density at radius 3 is 2.56 bits per heavy atom. The fourth-order valence-electron chi connectivity index (χ4n) is 4.75. The van der Waals surface area contributed by atoms with Crippen molar-refractivity contribution >= 4 is 57.9 Å². The molecular formula is C23H27Cl2N7O2. The Hall–Kier alpha value is -2.62. The number of carbonyl (C=O) groups excluding carboxylic acids is 1. The van der Waals surface area contributed by atoms with Crippen LogP contribution < -0.4 is 16.4 Å². The van der Waals surface area contributed by atoms with Gasteiger partial charge in [-0.05, 0) is 56.7 Å². The summed E-state index contributed by atoms with van der Waals surface area (Å²) in [6, 6.07) is 5.67. The molecule has 1 aliphatic heterocycles. The van der Waals surface area contributed by atoms with Crippen LogP contribution in [0.2, 0.25) is 10.0 Å². The Morgan fingerprint density at radius 1 is 1.09 bits per heavy atom. The molecule has 1 saturated carbocycles. The molecule has 2 aromatic heterocycles.